The molecule has 2 aromatic rings. The molecule has 0 radical (unpaired) electrons. The van der Waals surface area contributed by atoms with Gasteiger partial charge in [0, 0.05) is 26.6 Å². The average Bonchev–Trinajstić information content (AvgIpc) is 2.76. The number of pyridine rings is 1. The number of carbonyl (C=O) groups excluding carboxylic acids is 2. The Hall–Kier alpha value is -2.95. The number of likely N-dealkylation sites (tertiary alicyclic amines) is 1. The molecule has 1 aromatic carbocycles. The van der Waals surface area contributed by atoms with Crippen molar-refractivity contribution in [3.63, 3.8) is 0 Å². The second-order valence-corrected chi connectivity index (χ2v) is 8.77. The molecule has 1 aromatic heterocycles. The summed E-state index contributed by atoms with van der Waals surface area (Å²) in [7, 11) is 1.52. The first-order valence-corrected chi connectivity index (χ1v) is 11.1. The Labute approximate surface area is 193 Å². The molecule has 0 spiro atoms. The van der Waals surface area contributed by atoms with E-state index in [4.69, 9.17) is 16.9 Å². The lowest BCUT2D eigenvalue weighted by Crippen LogP contribution is -2.65. The molecule has 1 aliphatic rings. The Morgan fingerprint density at radius 1 is 1.31 bits per heavy atom. The second kappa shape index (κ2) is 10.1. The summed E-state index contributed by atoms with van der Waals surface area (Å²) in [4.78, 5) is 32.3. The SMILES string of the molecule is CNC(=O)c1cc(Cl)ncc1NC(=O)C1(c2ccccc2C(C)C)CN(CCCC#N)C1. The predicted molar refractivity (Wildman–Crippen MR) is 125 cm³/mol. The monoisotopic (exact) mass is 453 g/mol. The van der Waals surface area contributed by atoms with Gasteiger partial charge in [0.2, 0.25) is 5.91 Å². The zero-order chi connectivity index (χ0) is 23.3. The fourth-order valence-electron chi connectivity index (χ4n) is 4.22. The highest BCUT2D eigenvalue weighted by molar-refractivity contribution is 6.30. The first-order chi connectivity index (χ1) is 15.3. The summed E-state index contributed by atoms with van der Waals surface area (Å²) < 4.78 is 0. The lowest BCUT2D eigenvalue weighted by molar-refractivity contribution is -0.128. The van der Waals surface area contributed by atoms with Gasteiger partial charge in [0.05, 0.1) is 28.9 Å². The van der Waals surface area contributed by atoms with Crippen LogP contribution in [0.4, 0.5) is 5.69 Å². The number of halogens is 1. The maximum absolute atomic E-state index is 13.7. The van der Waals surface area contributed by atoms with E-state index in [0.717, 1.165) is 24.1 Å². The van der Waals surface area contributed by atoms with E-state index in [1.165, 1.54) is 19.3 Å². The van der Waals surface area contributed by atoms with Crippen molar-refractivity contribution in [2.45, 2.75) is 38.0 Å². The summed E-state index contributed by atoms with van der Waals surface area (Å²) in [5.41, 5.74) is 1.95. The number of hydrogen-bond donors (Lipinski definition) is 2. The molecule has 168 valence electrons. The van der Waals surface area contributed by atoms with Gasteiger partial charge in [0.1, 0.15) is 5.15 Å². The van der Waals surface area contributed by atoms with E-state index in [0.29, 0.717) is 25.2 Å². The molecule has 0 bridgehead atoms. The van der Waals surface area contributed by atoms with Gasteiger partial charge in [-0.15, -0.1) is 0 Å². The number of nitrogens with one attached hydrogen (secondary N) is 2. The van der Waals surface area contributed by atoms with Gasteiger partial charge in [-0.05, 0) is 36.1 Å². The lowest BCUT2D eigenvalue weighted by atomic mass is 9.69. The highest BCUT2D eigenvalue weighted by Gasteiger charge is 2.51. The number of hydrogen-bond acceptors (Lipinski definition) is 5. The van der Waals surface area contributed by atoms with Crippen molar-refractivity contribution in [2.24, 2.45) is 0 Å². The molecule has 7 nitrogen and oxygen atoms in total. The molecular formula is C24H28ClN5O2. The van der Waals surface area contributed by atoms with E-state index in [2.05, 4.69) is 46.5 Å². The number of anilines is 1. The van der Waals surface area contributed by atoms with Gasteiger partial charge in [-0.1, -0.05) is 49.7 Å². The summed E-state index contributed by atoms with van der Waals surface area (Å²) >= 11 is 5.98. The molecule has 2 heterocycles. The summed E-state index contributed by atoms with van der Waals surface area (Å²) in [6, 6.07) is 11.6. The smallest absolute Gasteiger partial charge is 0.253 e. The number of nitrogens with zero attached hydrogens (tertiary/aromatic N) is 3. The Bertz CT molecular complexity index is 1040. The van der Waals surface area contributed by atoms with Gasteiger partial charge in [-0.25, -0.2) is 4.98 Å². The van der Waals surface area contributed by atoms with Crippen molar-refractivity contribution in [1.29, 1.82) is 5.26 Å². The van der Waals surface area contributed by atoms with Crippen molar-refractivity contribution in [3.05, 3.63) is 58.4 Å². The molecule has 2 N–H and O–H groups in total. The summed E-state index contributed by atoms with van der Waals surface area (Å²) in [5, 5.41) is 14.5. The topological polar surface area (TPSA) is 98.1 Å². The van der Waals surface area contributed by atoms with Crippen LogP contribution in [0.2, 0.25) is 5.15 Å². The van der Waals surface area contributed by atoms with Crippen LogP contribution < -0.4 is 10.6 Å². The molecule has 3 rings (SSSR count). The standard InChI is InChI=1S/C24H28ClN5O2/c1-16(2)17-8-4-5-9-19(17)24(14-30(15-24)11-7-6-10-26)23(32)29-20-13-28-21(25)12-18(20)22(31)27-3/h4-5,8-9,12-13,16H,6-7,11,14-15H2,1-3H3,(H,27,31)(H,29,32). The second-order valence-electron chi connectivity index (χ2n) is 8.38. The van der Waals surface area contributed by atoms with E-state index < -0.39 is 5.41 Å². The predicted octanol–water partition coefficient (Wildman–Crippen LogP) is 3.71. The van der Waals surface area contributed by atoms with Crippen molar-refractivity contribution >= 4 is 29.1 Å². The number of rotatable bonds is 8. The number of carbonyl (C=O) groups is 2. The first-order valence-electron chi connectivity index (χ1n) is 10.7. The summed E-state index contributed by atoms with van der Waals surface area (Å²) in [6.45, 7) is 6.08. The number of nitriles is 1. The number of aromatic nitrogens is 1. The molecule has 0 saturated carbocycles. The van der Waals surface area contributed by atoms with E-state index in [9.17, 15) is 9.59 Å². The van der Waals surface area contributed by atoms with Crippen LogP contribution in [-0.4, -0.2) is 48.4 Å². The molecule has 32 heavy (non-hydrogen) atoms. The molecule has 0 atom stereocenters. The minimum Gasteiger partial charge on any atom is -0.355 e. The third-order valence-corrected chi connectivity index (χ3v) is 6.08. The summed E-state index contributed by atoms with van der Waals surface area (Å²) in [5.74, 6) is -0.286. The largest absolute Gasteiger partial charge is 0.355 e. The van der Waals surface area contributed by atoms with Crippen LogP contribution in [0.25, 0.3) is 0 Å². The first kappa shape index (κ1) is 23.7. The van der Waals surface area contributed by atoms with Gasteiger partial charge in [-0.2, -0.15) is 5.26 Å². The Kier molecular flexibility index (Phi) is 7.49. The van der Waals surface area contributed by atoms with Crippen LogP contribution in [0.5, 0.6) is 0 Å². The molecule has 1 fully saturated rings. The molecule has 1 aliphatic heterocycles. The Morgan fingerprint density at radius 2 is 2.03 bits per heavy atom. The normalized spacial score (nSPS) is 15.0. The highest BCUT2D eigenvalue weighted by atomic mass is 35.5. The van der Waals surface area contributed by atoms with Crippen LogP contribution in [0.15, 0.2) is 36.5 Å². The minimum atomic E-state index is -0.757. The third kappa shape index (κ3) is 4.77. The Morgan fingerprint density at radius 3 is 2.69 bits per heavy atom. The molecule has 1 saturated heterocycles. The van der Waals surface area contributed by atoms with Crippen LogP contribution in [0.3, 0.4) is 0 Å². The van der Waals surface area contributed by atoms with Crippen molar-refractivity contribution in [1.82, 2.24) is 15.2 Å². The molecule has 8 heteroatoms. The molecule has 0 aliphatic carbocycles. The van der Waals surface area contributed by atoms with Gasteiger partial charge in [0.25, 0.3) is 5.91 Å². The molecule has 2 amide bonds. The molecule has 0 unspecified atom stereocenters. The van der Waals surface area contributed by atoms with E-state index in [1.54, 1.807) is 0 Å². The van der Waals surface area contributed by atoms with Crippen molar-refractivity contribution < 1.29 is 9.59 Å². The fourth-order valence-corrected chi connectivity index (χ4v) is 4.38. The van der Waals surface area contributed by atoms with Crippen molar-refractivity contribution in [3.8, 4) is 6.07 Å². The quantitative estimate of drug-likeness (QED) is 0.469. The van der Waals surface area contributed by atoms with Crippen LogP contribution in [0.1, 0.15) is 54.1 Å². The Balaban J connectivity index is 1.95. The van der Waals surface area contributed by atoms with Gasteiger partial charge in [-0.3, -0.25) is 9.59 Å². The lowest BCUT2D eigenvalue weighted by Gasteiger charge is -2.50. The van der Waals surface area contributed by atoms with E-state index >= 15 is 0 Å². The van der Waals surface area contributed by atoms with Crippen LogP contribution in [0, 0.1) is 11.3 Å². The van der Waals surface area contributed by atoms with Crippen LogP contribution in [-0.2, 0) is 10.2 Å². The maximum atomic E-state index is 13.7. The van der Waals surface area contributed by atoms with E-state index in [1.807, 2.05) is 18.2 Å². The zero-order valence-corrected chi connectivity index (χ0v) is 19.4. The van der Waals surface area contributed by atoms with E-state index in [-0.39, 0.29) is 28.4 Å². The van der Waals surface area contributed by atoms with Crippen molar-refractivity contribution in [2.75, 3.05) is 32.0 Å². The fraction of sp³-hybridized carbons (Fsp3) is 0.417. The molecular weight excluding hydrogens is 426 g/mol. The number of amides is 2. The van der Waals surface area contributed by atoms with Gasteiger partial charge >= 0.3 is 0 Å². The highest BCUT2D eigenvalue weighted by Crippen LogP contribution is 2.40. The average molecular weight is 454 g/mol. The maximum Gasteiger partial charge on any atom is 0.253 e. The third-order valence-electron chi connectivity index (χ3n) is 5.87. The zero-order valence-electron chi connectivity index (χ0n) is 18.6. The number of benzene rings is 1. The van der Waals surface area contributed by atoms with Gasteiger partial charge in [0.15, 0.2) is 0 Å². The van der Waals surface area contributed by atoms with Gasteiger partial charge < -0.3 is 15.5 Å². The minimum absolute atomic E-state index is 0.175. The van der Waals surface area contributed by atoms with Crippen LogP contribution >= 0.6 is 11.6 Å². The number of unbranched alkanes of at least 4 members (excludes halogenated alkanes) is 1. The summed E-state index contributed by atoms with van der Waals surface area (Å²) in [6.07, 6.45) is 2.67.